The molecule has 1 aliphatic heterocycles. The van der Waals surface area contributed by atoms with Crippen molar-refractivity contribution in [3.05, 3.63) is 58.0 Å². The standard InChI is InChI=1S/C30H44N4O3/c1-6-26-17-25(12-11-21(26)2)13-14-30(37-20-35,27-9-7-8-10-27)18-28(36)22(3)15-29(31)33-34-19-32-23(4)16-24(34)5/h11-12,16-17,20,27,36H,6-10,13-15,18-19H2,1-5H3,(H2,31,33)/b28-22-. The van der Waals surface area contributed by atoms with Gasteiger partial charge in [-0.25, -0.2) is 5.01 Å². The maximum absolute atomic E-state index is 11.8. The van der Waals surface area contributed by atoms with Gasteiger partial charge in [-0.1, -0.05) is 38.0 Å². The van der Waals surface area contributed by atoms with E-state index in [0.717, 1.165) is 55.5 Å². The lowest BCUT2D eigenvalue weighted by molar-refractivity contribution is -0.152. The summed E-state index contributed by atoms with van der Waals surface area (Å²) in [6.07, 6.45) is 9.25. The SMILES string of the molecule is CCc1cc(CCC(C/C(O)=C(\C)C/C(N)=N/N2CN=C(C)C=C2C)(OC=O)C2CCCC2)ccc1C. The predicted molar refractivity (Wildman–Crippen MR) is 150 cm³/mol. The van der Waals surface area contributed by atoms with Crippen molar-refractivity contribution in [1.82, 2.24) is 5.01 Å². The van der Waals surface area contributed by atoms with Crippen molar-refractivity contribution in [1.29, 1.82) is 0 Å². The van der Waals surface area contributed by atoms with Crippen molar-refractivity contribution in [2.24, 2.45) is 21.7 Å². The van der Waals surface area contributed by atoms with Crippen molar-refractivity contribution >= 4 is 18.0 Å². The fraction of sp³-hybridized carbons (Fsp3) is 0.567. The van der Waals surface area contributed by atoms with Gasteiger partial charge in [0.05, 0.1) is 5.76 Å². The van der Waals surface area contributed by atoms with Gasteiger partial charge < -0.3 is 15.6 Å². The first-order valence-corrected chi connectivity index (χ1v) is 13.5. The lowest BCUT2D eigenvalue weighted by atomic mass is 9.77. The molecule has 1 aliphatic carbocycles. The number of aryl methyl sites for hydroxylation is 3. The fourth-order valence-corrected chi connectivity index (χ4v) is 5.62. The average Bonchev–Trinajstić information content (AvgIpc) is 3.41. The molecule has 7 nitrogen and oxygen atoms in total. The Balaban J connectivity index is 1.80. The molecule has 3 rings (SSSR count). The van der Waals surface area contributed by atoms with Crippen LogP contribution in [0, 0.1) is 12.8 Å². The van der Waals surface area contributed by atoms with Crippen LogP contribution in [0.15, 0.2) is 51.4 Å². The molecule has 0 aromatic heterocycles. The summed E-state index contributed by atoms with van der Waals surface area (Å²) in [5, 5.41) is 17.5. The minimum atomic E-state index is -0.745. The Morgan fingerprint density at radius 2 is 2.03 bits per heavy atom. The Morgan fingerprint density at radius 1 is 1.30 bits per heavy atom. The Bertz CT molecular complexity index is 1080. The van der Waals surface area contributed by atoms with Crippen molar-refractivity contribution in [3.63, 3.8) is 0 Å². The smallest absolute Gasteiger partial charge is 0.293 e. The topological polar surface area (TPSA) is 101 Å². The molecule has 1 heterocycles. The zero-order valence-corrected chi connectivity index (χ0v) is 23.2. The van der Waals surface area contributed by atoms with E-state index in [-0.39, 0.29) is 18.1 Å². The number of ether oxygens (including phenoxy) is 1. The van der Waals surface area contributed by atoms with Crippen LogP contribution in [0.1, 0.15) is 89.3 Å². The van der Waals surface area contributed by atoms with Crippen LogP contribution < -0.4 is 5.73 Å². The number of rotatable bonds is 12. The molecule has 1 fully saturated rings. The van der Waals surface area contributed by atoms with Gasteiger partial charge in [-0.15, -0.1) is 0 Å². The largest absolute Gasteiger partial charge is 0.512 e. The van der Waals surface area contributed by atoms with Crippen molar-refractivity contribution < 1.29 is 14.6 Å². The highest BCUT2D eigenvalue weighted by Gasteiger charge is 2.43. The lowest BCUT2D eigenvalue weighted by Crippen LogP contribution is -2.41. The molecule has 202 valence electrons. The zero-order chi connectivity index (χ0) is 27.0. The highest BCUT2D eigenvalue weighted by atomic mass is 16.5. The van der Waals surface area contributed by atoms with Gasteiger partial charge in [-0.2, -0.15) is 5.10 Å². The number of carbonyl (C=O) groups is 1. The summed E-state index contributed by atoms with van der Waals surface area (Å²) in [6, 6.07) is 6.59. The number of allylic oxidation sites excluding steroid dienone is 2. The van der Waals surface area contributed by atoms with Crippen LogP contribution in [0.4, 0.5) is 0 Å². The first kappa shape index (κ1) is 28.5. The molecule has 0 saturated heterocycles. The number of hydrazone groups is 1. The summed E-state index contributed by atoms with van der Waals surface area (Å²) in [6.45, 7) is 11.1. The van der Waals surface area contributed by atoms with Crippen LogP contribution in [-0.4, -0.2) is 40.4 Å². The average molecular weight is 509 g/mol. The van der Waals surface area contributed by atoms with Gasteiger partial charge in [0.1, 0.15) is 18.1 Å². The molecule has 0 bridgehead atoms. The van der Waals surface area contributed by atoms with E-state index >= 15 is 0 Å². The number of amidine groups is 1. The zero-order valence-electron chi connectivity index (χ0n) is 23.2. The molecule has 0 radical (unpaired) electrons. The third-order valence-corrected chi connectivity index (χ3v) is 7.95. The van der Waals surface area contributed by atoms with Gasteiger partial charge in [0.2, 0.25) is 0 Å². The first-order valence-electron chi connectivity index (χ1n) is 13.5. The maximum Gasteiger partial charge on any atom is 0.293 e. The minimum absolute atomic E-state index is 0.219. The summed E-state index contributed by atoms with van der Waals surface area (Å²) in [4.78, 5) is 16.2. The molecule has 1 aromatic rings. The van der Waals surface area contributed by atoms with E-state index in [0.29, 0.717) is 31.8 Å². The molecule has 2 aliphatic rings. The predicted octanol–water partition coefficient (Wildman–Crippen LogP) is 6.11. The number of benzene rings is 1. The summed E-state index contributed by atoms with van der Waals surface area (Å²) in [5.74, 6) is 0.850. The van der Waals surface area contributed by atoms with Gasteiger partial charge in [0, 0.05) is 24.3 Å². The van der Waals surface area contributed by atoms with E-state index in [9.17, 15) is 9.90 Å². The third-order valence-electron chi connectivity index (χ3n) is 7.95. The number of aliphatic hydroxyl groups is 1. The molecule has 7 heteroatoms. The van der Waals surface area contributed by atoms with Crippen molar-refractivity contribution in [2.45, 2.75) is 98.0 Å². The molecular weight excluding hydrogens is 464 g/mol. The van der Waals surface area contributed by atoms with Gasteiger partial charge in [-0.05, 0) is 94.1 Å². The van der Waals surface area contributed by atoms with Crippen LogP contribution in [0.2, 0.25) is 0 Å². The summed E-state index contributed by atoms with van der Waals surface area (Å²) in [7, 11) is 0. The highest BCUT2D eigenvalue weighted by Crippen LogP contribution is 2.43. The second-order valence-corrected chi connectivity index (χ2v) is 10.7. The van der Waals surface area contributed by atoms with Crippen molar-refractivity contribution in [3.8, 4) is 0 Å². The van der Waals surface area contributed by atoms with Crippen LogP contribution in [0.3, 0.4) is 0 Å². The summed E-state index contributed by atoms with van der Waals surface area (Å²) < 4.78 is 5.92. The first-order chi connectivity index (χ1) is 17.7. The van der Waals surface area contributed by atoms with E-state index < -0.39 is 5.60 Å². The van der Waals surface area contributed by atoms with E-state index in [1.54, 1.807) is 5.01 Å². The molecule has 1 unspecified atom stereocenters. The number of aliphatic imine (C=N–C) groups is 1. The lowest BCUT2D eigenvalue weighted by Gasteiger charge is -2.38. The van der Waals surface area contributed by atoms with Crippen LogP contribution >= 0.6 is 0 Å². The minimum Gasteiger partial charge on any atom is -0.512 e. The molecule has 1 atom stereocenters. The number of nitrogens with two attached hydrogens (primary N) is 1. The van der Waals surface area contributed by atoms with E-state index in [4.69, 9.17) is 10.5 Å². The normalized spacial score (nSPS) is 19.2. The van der Waals surface area contributed by atoms with Crippen molar-refractivity contribution in [2.75, 3.05) is 6.67 Å². The number of carbonyl (C=O) groups excluding carboxylic acids is 1. The Hall–Kier alpha value is -3.09. The Kier molecular flexibility index (Phi) is 9.95. The summed E-state index contributed by atoms with van der Waals surface area (Å²) >= 11 is 0. The number of nitrogens with zero attached hydrogens (tertiary/aromatic N) is 3. The summed E-state index contributed by atoms with van der Waals surface area (Å²) in [5.41, 5.74) is 12.1. The highest BCUT2D eigenvalue weighted by molar-refractivity contribution is 5.93. The molecular formula is C30H44N4O3. The molecule has 37 heavy (non-hydrogen) atoms. The number of hydrogen-bond acceptors (Lipinski definition) is 6. The fourth-order valence-electron chi connectivity index (χ4n) is 5.62. The second-order valence-electron chi connectivity index (χ2n) is 10.7. The molecule has 3 N–H and O–H groups in total. The number of aliphatic hydroxyl groups excluding tert-OH is 1. The molecule has 1 aromatic carbocycles. The van der Waals surface area contributed by atoms with Crippen LogP contribution in [0.25, 0.3) is 0 Å². The van der Waals surface area contributed by atoms with E-state index in [1.807, 2.05) is 26.8 Å². The monoisotopic (exact) mass is 508 g/mol. The molecule has 0 amide bonds. The van der Waals surface area contributed by atoms with Gasteiger partial charge in [-0.3, -0.25) is 9.79 Å². The van der Waals surface area contributed by atoms with Gasteiger partial charge >= 0.3 is 0 Å². The Morgan fingerprint density at radius 3 is 2.68 bits per heavy atom. The number of hydrogen-bond donors (Lipinski definition) is 2. The third kappa shape index (κ3) is 7.46. The van der Waals surface area contributed by atoms with Gasteiger partial charge in [0.15, 0.2) is 0 Å². The van der Waals surface area contributed by atoms with E-state index in [1.165, 1.54) is 16.7 Å². The van der Waals surface area contributed by atoms with Crippen LogP contribution in [0.5, 0.6) is 0 Å². The van der Waals surface area contributed by atoms with Crippen LogP contribution in [-0.2, 0) is 22.4 Å². The maximum atomic E-state index is 11.8. The quantitative estimate of drug-likeness (QED) is 0.153. The van der Waals surface area contributed by atoms with Gasteiger partial charge in [0.25, 0.3) is 6.47 Å². The second kappa shape index (κ2) is 12.9. The van der Waals surface area contributed by atoms with E-state index in [2.05, 4.69) is 42.1 Å². The Labute approximate surface area is 222 Å². The molecule has 1 saturated carbocycles. The molecule has 0 spiro atoms.